The third-order valence-electron chi connectivity index (χ3n) is 3.74. The Kier molecular flexibility index (Phi) is 7.81. The molecular weight excluding hydrogens is 256 g/mol. The molecule has 0 amide bonds. The van der Waals surface area contributed by atoms with Crippen molar-refractivity contribution in [3.63, 3.8) is 0 Å². The van der Waals surface area contributed by atoms with E-state index in [9.17, 15) is 4.79 Å². The van der Waals surface area contributed by atoms with Gasteiger partial charge in [-0.25, -0.2) is 0 Å². The second-order valence-corrected chi connectivity index (χ2v) is 5.57. The molecule has 1 aliphatic rings. The van der Waals surface area contributed by atoms with Crippen LogP contribution in [0, 0.1) is 0 Å². The molecular formula is C17H25ClO. The molecule has 2 heteroatoms. The van der Waals surface area contributed by atoms with E-state index in [4.69, 9.17) is 11.6 Å². The Labute approximate surface area is 122 Å². The van der Waals surface area contributed by atoms with Crippen LogP contribution >= 0.6 is 11.6 Å². The number of carbonyl (C=O) groups excluding carboxylic acids is 1. The van der Waals surface area contributed by atoms with Crippen LogP contribution in [-0.2, 0) is 4.79 Å². The van der Waals surface area contributed by atoms with Gasteiger partial charge in [0.1, 0.15) is 5.78 Å². The Balaban J connectivity index is 0.000000258. The minimum atomic E-state index is 0.343. The molecule has 0 N–H and O–H groups in total. The highest BCUT2D eigenvalue weighted by atomic mass is 35.5. The lowest BCUT2D eigenvalue weighted by atomic mass is 9.84. The Morgan fingerprint density at radius 1 is 1.05 bits per heavy atom. The number of benzene rings is 1. The molecule has 0 bridgehead atoms. The fourth-order valence-corrected chi connectivity index (χ4v) is 2.55. The van der Waals surface area contributed by atoms with Crippen LogP contribution in [0.5, 0.6) is 0 Å². The quantitative estimate of drug-likeness (QED) is 0.687. The van der Waals surface area contributed by atoms with Crippen LogP contribution in [0.25, 0.3) is 0 Å². The van der Waals surface area contributed by atoms with Crippen LogP contribution in [0.15, 0.2) is 24.3 Å². The number of halogens is 1. The van der Waals surface area contributed by atoms with Gasteiger partial charge in [0.25, 0.3) is 0 Å². The van der Waals surface area contributed by atoms with Gasteiger partial charge in [-0.15, -0.1) is 0 Å². The van der Waals surface area contributed by atoms with E-state index in [0.29, 0.717) is 18.6 Å². The molecule has 1 aromatic carbocycles. The van der Waals surface area contributed by atoms with Crippen LogP contribution in [-0.4, -0.2) is 5.78 Å². The fraction of sp³-hybridized carbons (Fsp3) is 0.588. The van der Waals surface area contributed by atoms with Crippen molar-refractivity contribution in [2.45, 2.75) is 64.7 Å². The van der Waals surface area contributed by atoms with E-state index in [-0.39, 0.29) is 0 Å². The minimum absolute atomic E-state index is 0.343. The summed E-state index contributed by atoms with van der Waals surface area (Å²) in [7, 11) is 0. The van der Waals surface area contributed by atoms with Crippen molar-refractivity contribution in [2.75, 3.05) is 0 Å². The topological polar surface area (TPSA) is 17.1 Å². The second kappa shape index (κ2) is 9.14. The van der Waals surface area contributed by atoms with Crippen molar-refractivity contribution >= 4 is 17.4 Å². The summed E-state index contributed by atoms with van der Waals surface area (Å²) in [4.78, 5) is 10.2. The van der Waals surface area contributed by atoms with Gasteiger partial charge >= 0.3 is 0 Å². The molecule has 1 saturated carbocycles. The number of hydrogen-bond donors (Lipinski definition) is 0. The third-order valence-corrected chi connectivity index (χ3v) is 3.99. The molecule has 1 aliphatic carbocycles. The van der Waals surface area contributed by atoms with Crippen molar-refractivity contribution in [2.24, 2.45) is 0 Å². The van der Waals surface area contributed by atoms with E-state index in [1.807, 2.05) is 26.0 Å². The zero-order valence-corrected chi connectivity index (χ0v) is 12.9. The molecule has 0 saturated heterocycles. The maximum absolute atomic E-state index is 10.2. The van der Waals surface area contributed by atoms with E-state index >= 15 is 0 Å². The molecule has 0 aliphatic heterocycles. The van der Waals surface area contributed by atoms with Gasteiger partial charge in [0, 0.05) is 17.9 Å². The Morgan fingerprint density at radius 3 is 2.00 bits per heavy atom. The first-order valence-corrected chi connectivity index (χ1v) is 7.82. The van der Waals surface area contributed by atoms with Gasteiger partial charge in [-0.1, -0.05) is 56.8 Å². The molecule has 1 nitrogen and oxygen atoms in total. The van der Waals surface area contributed by atoms with Gasteiger partial charge in [0.05, 0.1) is 0 Å². The lowest BCUT2D eigenvalue weighted by Crippen LogP contribution is -2.03. The molecule has 0 aromatic heterocycles. The van der Waals surface area contributed by atoms with Gasteiger partial charge in [-0.3, -0.25) is 4.79 Å². The number of hydrogen-bond acceptors (Lipinski definition) is 1. The number of ketones is 1. The van der Waals surface area contributed by atoms with Gasteiger partial charge < -0.3 is 0 Å². The van der Waals surface area contributed by atoms with Gasteiger partial charge in [0.2, 0.25) is 0 Å². The monoisotopic (exact) mass is 280 g/mol. The second-order valence-electron chi connectivity index (χ2n) is 5.13. The van der Waals surface area contributed by atoms with Gasteiger partial charge in [0.15, 0.2) is 0 Å². The number of rotatable bonds is 3. The fourth-order valence-electron chi connectivity index (χ4n) is 2.42. The van der Waals surface area contributed by atoms with Gasteiger partial charge in [-0.05, 0) is 36.5 Å². The van der Waals surface area contributed by atoms with Crippen molar-refractivity contribution in [3.05, 3.63) is 34.9 Å². The number of carbonyl (C=O) groups is 1. The SMILES string of the molecule is CCC(=O)CC.Clc1ccc(C2CCCCC2)cc1. The summed E-state index contributed by atoms with van der Waals surface area (Å²) in [6.45, 7) is 3.76. The summed E-state index contributed by atoms with van der Waals surface area (Å²) in [6.07, 6.45) is 8.32. The highest BCUT2D eigenvalue weighted by Gasteiger charge is 2.14. The molecule has 2 rings (SSSR count). The standard InChI is InChI=1S/C12H15Cl.C5H10O/c13-12-8-6-11(7-9-12)10-4-2-1-3-5-10;1-3-5(6)4-2/h6-10H,1-5H2;3-4H2,1-2H3. The Hall–Kier alpha value is -0.820. The van der Waals surface area contributed by atoms with Crippen LogP contribution in [0.3, 0.4) is 0 Å². The van der Waals surface area contributed by atoms with Crippen molar-refractivity contribution in [1.82, 2.24) is 0 Å². The molecule has 0 spiro atoms. The smallest absolute Gasteiger partial charge is 0.132 e. The largest absolute Gasteiger partial charge is 0.300 e. The van der Waals surface area contributed by atoms with Crippen molar-refractivity contribution < 1.29 is 4.79 Å². The summed E-state index contributed by atoms with van der Waals surface area (Å²) in [5.41, 5.74) is 1.48. The maximum Gasteiger partial charge on any atom is 0.132 e. The molecule has 0 atom stereocenters. The van der Waals surface area contributed by atoms with Crippen LogP contribution in [0.1, 0.15) is 70.3 Å². The summed E-state index contributed by atoms with van der Waals surface area (Å²) in [5.74, 6) is 1.14. The molecule has 0 unspecified atom stereocenters. The zero-order valence-electron chi connectivity index (χ0n) is 12.1. The number of Topliss-reactive ketones (excluding diaryl/α,β-unsaturated/α-hetero) is 1. The molecule has 1 aromatic rings. The van der Waals surface area contributed by atoms with Gasteiger partial charge in [-0.2, -0.15) is 0 Å². The predicted octanol–water partition coefficient (Wildman–Crippen LogP) is 5.76. The van der Waals surface area contributed by atoms with Crippen molar-refractivity contribution in [1.29, 1.82) is 0 Å². The maximum atomic E-state index is 10.2. The van der Waals surface area contributed by atoms with E-state index in [0.717, 1.165) is 10.9 Å². The Bertz CT molecular complexity index is 357. The highest BCUT2D eigenvalue weighted by molar-refractivity contribution is 6.30. The molecule has 106 valence electrons. The van der Waals surface area contributed by atoms with Crippen LogP contribution in [0.4, 0.5) is 0 Å². The summed E-state index contributed by atoms with van der Waals surface area (Å²) < 4.78 is 0. The van der Waals surface area contributed by atoms with E-state index < -0.39 is 0 Å². The third kappa shape index (κ3) is 6.24. The molecule has 0 heterocycles. The summed E-state index contributed by atoms with van der Waals surface area (Å²) >= 11 is 5.85. The Morgan fingerprint density at radius 2 is 1.58 bits per heavy atom. The lowest BCUT2D eigenvalue weighted by Gasteiger charge is -2.21. The normalized spacial score (nSPS) is 15.5. The molecule has 19 heavy (non-hydrogen) atoms. The highest BCUT2D eigenvalue weighted by Crippen LogP contribution is 2.32. The minimum Gasteiger partial charge on any atom is -0.300 e. The lowest BCUT2D eigenvalue weighted by molar-refractivity contribution is -0.118. The van der Waals surface area contributed by atoms with E-state index in [2.05, 4.69) is 12.1 Å². The van der Waals surface area contributed by atoms with Crippen molar-refractivity contribution in [3.8, 4) is 0 Å². The van der Waals surface area contributed by atoms with E-state index in [1.54, 1.807) is 0 Å². The predicted molar refractivity (Wildman–Crippen MR) is 82.9 cm³/mol. The first-order valence-electron chi connectivity index (χ1n) is 7.44. The average molecular weight is 281 g/mol. The molecule has 0 radical (unpaired) electrons. The summed E-state index contributed by atoms with van der Waals surface area (Å²) in [6, 6.07) is 8.37. The zero-order chi connectivity index (χ0) is 14.1. The van der Waals surface area contributed by atoms with Crippen LogP contribution in [0.2, 0.25) is 5.02 Å². The first kappa shape index (κ1) is 16.2. The van der Waals surface area contributed by atoms with Crippen LogP contribution < -0.4 is 0 Å². The van der Waals surface area contributed by atoms with E-state index in [1.165, 1.54) is 37.7 Å². The average Bonchev–Trinajstić information content (AvgIpc) is 2.48. The summed E-state index contributed by atoms with van der Waals surface area (Å²) in [5, 5.41) is 0.847. The first-order chi connectivity index (χ1) is 9.17. The molecule has 1 fully saturated rings.